The summed E-state index contributed by atoms with van der Waals surface area (Å²) in [5.74, 6) is 5.08. The summed E-state index contributed by atoms with van der Waals surface area (Å²) in [5.41, 5.74) is 18.8. The fourth-order valence-electron chi connectivity index (χ4n) is 11.9. The molecule has 15 rings (SSSR count). The van der Waals surface area contributed by atoms with Crippen LogP contribution in [0.4, 0.5) is 56.9 Å². The van der Waals surface area contributed by atoms with Crippen LogP contribution in [0.15, 0.2) is 296 Å². The minimum atomic E-state index is 0.0485. The Balaban J connectivity index is 0.759. The number of anilines is 10. The monoisotopic (exact) mass is 1020 g/mol. The summed E-state index contributed by atoms with van der Waals surface area (Å²) in [4.78, 5) is 9.42. The van der Waals surface area contributed by atoms with Gasteiger partial charge in [0.15, 0.2) is 28.7 Å². The zero-order valence-electron chi connectivity index (χ0n) is 43.2. The predicted molar refractivity (Wildman–Crippen MR) is 321 cm³/mol. The predicted octanol–water partition coefficient (Wildman–Crippen LogP) is 19.7. The molecule has 0 radical (unpaired) electrons. The van der Waals surface area contributed by atoms with Gasteiger partial charge < -0.3 is 33.8 Å². The molecule has 0 spiro atoms. The Morgan fingerprint density at radius 2 is 0.823 bits per heavy atom. The van der Waals surface area contributed by atoms with E-state index in [1.54, 1.807) is 0 Å². The van der Waals surface area contributed by atoms with Crippen LogP contribution in [0.2, 0.25) is 0 Å². The molecule has 1 atom stereocenters. The number of rotatable bonds is 9. The van der Waals surface area contributed by atoms with Gasteiger partial charge in [-0.2, -0.15) is 0 Å². The molecule has 3 aliphatic heterocycles. The van der Waals surface area contributed by atoms with Gasteiger partial charge in [-0.05, 0) is 180 Å². The van der Waals surface area contributed by atoms with E-state index in [1.807, 2.05) is 30.3 Å². The maximum Gasteiger partial charge on any atom is 0.152 e. The lowest BCUT2D eigenvalue weighted by Gasteiger charge is -2.37. The van der Waals surface area contributed by atoms with Crippen LogP contribution in [0.3, 0.4) is 0 Å². The van der Waals surface area contributed by atoms with Crippen molar-refractivity contribution in [2.75, 3.05) is 19.6 Å². The third-order valence-electron chi connectivity index (χ3n) is 15.7. The van der Waals surface area contributed by atoms with Crippen LogP contribution in [0.1, 0.15) is 19.3 Å². The smallest absolute Gasteiger partial charge is 0.152 e. The highest BCUT2D eigenvalue weighted by Gasteiger charge is 2.32. The normalized spacial score (nSPS) is 15.6. The average Bonchev–Trinajstić information content (AvgIpc) is 3.64. The van der Waals surface area contributed by atoms with Gasteiger partial charge in [0, 0.05) is 28.4 Å². The number of hydrogen-bond donors (Lipinski definition) is 0. The average molecular weight is 1020 g/mol. The third kappa shape index (κ3) is 8.31. The van der Waals surface area contributed by atoms with Crippen LogP contribution in [-0.2, 0) is 0 Å². The second-order valence-electron chi connectivity index (χ2n) is 20.4. The zero-order valence-corrected chi connectivity index (χ0v) is 43.2. The highest BCUT2D eigenvalue weighted by molar-refractivity contribution is 5.90. The first-order valence-electron chi connectivity index (χ1n) is 27.1. The van der Waals surface area contributed by atoms with Gasteiger partial charge in [0.1, 0.15) is 5.76 Å². The molecule has 378 valence electrons. The molecule has 2 aliphatic carbocycles. The number of ether oxygens (including phenoxy) is 3. The van der Waals surface area contributed by atoms with Crippen molar-refractivity contribution in [2.45, 2.75) is 25.3 Å². The van der Waals surface area contributed by atoms with E-state index >= 15 is 0 Å². The Hall–Kier alpha value is -10.2. The first-order valence-corrected chi connectivity index (χ1v) is 27.1. The lowest BCUT2D eigenvalue weighted by Crippen LogP contribution is -2.30. The summed E-state index contributed by atoms with van der Waals surface area (Å²) in [7, 11) is 0. The van der Waals surface area contributed by atoms with Crippen molar-refractivity contribution in [1.82, 2.24) is 0 Å². The molecule has 0 aromatic heterocycles. The first kappa shape index (κ1) is 46.1. The maximum atomic E-state index is 6.68. The number of nitrogens with zero attached hydrogens (tertiary/aromatic N) is 4. The van der Waals surface area contributed by atoms with E-state index in [4.69, 9.17) is 14.2 Å². The van der Waals surface area contributed by atoms with E-state index in [0.717, 1.165) is 133 Å². The molecule has 7 nitrogen and oxygen atoms in total. The molecular weight excluding hydrogens is 969 g/mol. The summed E-state index contributed by atoms with van der Waals surface area (Å²) in [5, 5.41) is 0. The van der Waals surface area contributed by atoms with Crippen LogP contribution >= 0.6 is 0 Å². The molecule has 0 bridgehead atoms. The molecule has 3 heterocycles. The Kier molecular flexibility index (Phi) is 11.3. The number of hydrogen-bond acceptors (Lipinski definition) is 7. The summed E-state index contributed by atoms with van der Waals surface area (Å²) in [6.45, 7) is 0. The van der Waals surface area contributed by atoms with Crippen molar-refractivity contribution >= 4 is 56.9 Å². The third-order valence-corrected chi connectivity index (χ3v) is 15.7. The molecule has 0 saturated carbocycles. The molecule has 10 aromatic rings. The van der Waals surface area contributed by atoms with E-state index in [-0.39, 0.29) is 6.04 Å². The Morgan fingerprint density at radius 3 is 1.41 bits per heavy atom. The molecule has 0 amide bonds. The van der Waals surface area contributed by atoms with Gasteiger partial charge in [0.05, 0.1) is 40.2 Å². The molecule has 1 unspecified atom stereocenters. The largest absolute Gasteiger partial charge is 0.453 e. The fourth-order valence-corrected chi connectivity index (χ4v) is 11.9. The van der Waals surface area contributed by atoms with Crippen molar-refractivity contribution in [3.63, 3.8) is 0 Å². The minimum absolute atomic E-state index is 0.0485. The molecule has 10 aromatic carbocycles. The van der Waals surface area contributed by atoms with Crippen molar-refractivity contribution in [3.8, 4) is 51.0 Å². The number of fused-ring (bicyclic) bond motifs is 5. The van der Waals surface area contributed by atoms with Gasteiger partial charge in [0.2, 0.25) is 0 Å². The van der Waals surface area contributed by atoms with Crippen molar-refractivity contribution in [2.24, 2.45) is 0 Å². The van der Waals surface area contributed by atoms with E-state index in [2.05, 4.69) is 262 Å². The SMILES string of the molecule is C1=CC(N(c2ccc(-c3ccc4c(c3)Oc3ccccc3N4c3ccccc3)cc2)c2ccc(-c3ccc4c(c3)N(c3ccccc3)c3ccccc3O4)cc2)CC=C1C1=CC2=C(CC1)N(c1ccccc1)c1ccccc1O2. The minimum Gasteiger partial charge on any atom is -0.453 e. The summed E-state index contributed by atoms with van der Waals surface area (Å²) < 4.78 is 19.8. The summed E-state index contributed by atoms with van der Waals surface area (Å²) in [6, 6.07) is 87.6. The molecule has 0 N–H and O–H groups in total. The Morgan fingerprint density at radius 1 is 0.367 bits per heavy atom. The van der Waals surface area contributed by atoms with Gasteiger partial charge in [0.25, 0.3) is 0 Å². The molecule has 0 fully saturated rings. The van der Waals surface area contributed by atoms with E-state index in [9.17, 15) is 0 Å². The lowest BCUT2D eigenvalue weighted by atomic mass is 9.89. The highest BCUT2D eigenvalue weighted by atomic mass is 16.5. The number of para-hydroxylation sites is 9. The van der Waals surface area contributed by atoms with Crippen LogP contribution < -0.4 is 33.8 Å². The zero-order chi connectivity index (χ0) is 52.2. The number of benzene rings is 10. The van der Waals surface area contributed by atoms with Gasteiger partial charge >= 0.3 is 0 Å². The first-order chi connectivity index (χ1) is 39.1. The van der Waals surface area contributed by atoms with Crippen LogP contribution in [-0.4, -0.2) is 6.04 Å². The van der Waals surface area contributed by atoms with Crippen molar-refractivity contribution in [3.05, 3.63) is 296 Å². The van der Waals surface area contributed by atoms with Gasteiger partial charge in [-0.15, -0.1) is 0 Å². The van der Waals surface area contributed by atoms with E-state index in [0.29, 0.717) is 0 Å². The fraction of sp³-hybridized carbons (Fsp3) is 0.0556. The second-order valence-corrected chi connectivity index (χ2v) is 20.4. The molecule has 79 heavy (non-hydrogen) atoms. The van der Waals surface area contributed by atoms with Gasteiger partial charge in [-0.25, -0.2) is 0 Å². The molecule has 0 saturated heterocycles. The number of allylic oxidation sites excluding steroid dienone is 5. The van der Waals surface area contributed by atoms with Crippen LogP contribution in [0.25, 0.3) is 22.3 Å². The standard InChI is InChI=1S/C72H52N4O3/c1-4-16-55(17-5-1)74-61-22-10-14-26-68(61)78-71-47-53(34-43-64(71)74)50-30-39-59(40-31-50)73(58-37-28-49(29-38-58)52-36-45-70-66(46-52)76(57-20-8-3-9-21-57)63-24-12-13-25-67(63)77-70)60-41-32-51(33-42-60)54-35-44-65-72(48-54)79-69-27-15-11-23-62(69)75(65)56-18-6-2-7-19-56/h1-34,36-41,43,45-48,60H,35,42,44H2. The maximum absolute atomic E-state index is 6.68. The quantitative estimate of drug-likeness (QED) is 0.143. The van der Waals surface area contributed by atoms with Crippen LogP contribution in [0.5, 0.6) is 28.7 Å². The Labute approximate surface area is 460 Å². The topological polar surface area (TPSA) is 40.7 Å². The molecule has 7 heteroatoms. The highest BCUT2D eigenvalue weighted by Crippen LogP contribution is 2.54. The second kappa shape index (κ2) is 19.4. The van der Waals surface area contributed by atoms with Crippen LogP contribution in [0, 0.1) is 0 Å². The molecule has 5 aliphatic rings. The van der Waals surface area contributed by atoms with Crippen molar-refractivity contribution < 1.29 is 14.2 Å². The van der Waals surface area contributed by atoms with E-state index < -0.39 is 0 Å². The van der Waals surface area contributed by atoms with Gasteiger partial charge in [-0.3, -0.25) is 0 Å². The lowest BCUT2D eigenvalue weighted by molar-refractivity contribution is 0.419. The summed E-state index contributed by atoms with van der Waals surface area (Å²) in [6.07, 6.45) is 12.0. The van der Waals surface area contributed by atoms with Crippen molar-refractivity contribution in [1.29, 1.82) is 0 Å². The Bertz CT molecular complexity index is 4090. The van der Waals surface area contributed by atoms with Gasteiger partial charge in [-0.1, -0.05) is 146 Å². The molecular formula is C72H52N4O3. The van der Waals surface area contributed by atoms with E-state index in [1.165, 1.54) is 16.8 Å². The summed E-state index contributed by atoms with van der Waals surface area (Å²) >= 11 is 0.